The van der Waals surface area contributed by atoms with Gasteiger partial charge >= 0.3 is 0 Å². The Morgan fingerprint density at radius 1 is 0.935 bits per heavy atom. The highest BCUT2D eigenvalue weighted by Gasteiger charge is 2.27. The summed E-state index contributed by atoms with van der Waals surface area (Å²) >= 11 is 0. The van der Waals surface area contributed by atoms with E-state index < -0.39 is 10.0 Å². The van der Waals surface area contributed by atoms with E-state index in [4.69, 9.17) is 5.73 Å². The first-order valence-electron chi connectivity index (χ1n) is 10.4. The zero-order valence-electron chi connectivity index (χ0n) is 19.6. The van der Waals surface area contributed by atoms with Crippen molar-refractivity contribution in [1.29, 1.82) is 0 Å². The molecule has 1 amide bonds. The van der Waals surface area contributed by atoms with Gasteiger partial charge in [-0.1, -0.05) is 47.6 Å². The first kappa shape index (κ1) is 24.9. The summed E-state index contributed by atoms with van der Waals surface area (Å²) in [5.74, 6) is -0.241. The van der Waals surface area contributed by atoms with Crippen LogP contribution in [0.1, 0.15) is 63.0 Å². The lowest BCUT2D eigenvalue weighted by molar-refractivity contribution is 0.0954. The fourth-order valence-electron chi connectivity index (χ4n) is 3.02. The van der Waals surface area contributed by atoms with Gasteiger partial charge in [0.05, 0.1) is 10.6 Å². The lowest BCUT2D eigenvalue weighted by Gasteiger charge is -2.27. The van der Waals surface area contributed by atoms with Crippen LogP contribution in [0.2, 0.25) is 0 Å². The molecule has 31 heavy (non-hydrogen) atoms. The Hall–Kier alpha value is -2.38. The molecular formula is C24H35N3O3S. The highest BCUT2D eigenvalue weighted by Crippen LogP contribution is 2.33. The van der Waals surface area contributed by atoms with Crippen molar-refractivity contribution in [2.75, 3.05) is 24.4 Å². The van der Waals surface area contributed by atoms with Crippen molar-refractivity contribution in [1.82, 2.24) is 5.32 Å². The third-order valence-corrected chi connectivity index (χ3v) is 6.98. The number of carbonyl (C=O) groups excluding carboxylic acids is 1. The highest BCUT2D eigenvalue weighted by atomic mass is 32.2. The molecule has 0 saturated heterocycles. The summed E-state index contributed by atoms with van der Waals surface area (Å²) in [7, 11) is -2.26. The maximum absolute atomic E-state index is 13.5. The van der Waals surface area contributed by atoms with Crippen molar-refractivity contribution in [3.8, 4) is 0 Å². The molecule has 0 aliphatic heterocycles. The van der Waals surface area contributed by atoms with Crippen LogP contribution < -0.4 is 15.4 Å². The van der Waals surface area contributed by atoms with Gasteiger partial charge in [0.15, 0.2) is 0 Å². The summed E-state index contributed by atoms with van der Waals surface area (Å²) in [5.41, 5.74) is 7.90. The minimum atomic E-state index is -3.79. The minimum absolute atomic E-state index is 0.192. The van der Waals surface area contributed by atoms with Crippen molar-refractivity contribution in [3.05, 3.63) is 59.2 Å². The van der Waals surface area contributed by atoms with Crippen molar-refractivity contribution in [2.45, 2.75) is 57.3 Å². The topological polar surface area (TPSA) is 92.5 Å². The molecule has 0 heterocycles. The Kier molecular flexibility index (Phi) is 7.23. The average Bonchev–Trinajstić information content (AvgIpc) is 2.69. The lowest BCUT2D eigenvalue weighted by atomic mass is 9.81. The minimum Gasteiger partial charge on any atom is -0.351 e. The van der Waals surface area contributed by atoms with E-state index in [0.29, 0.717) is 24.3 Å². The zero-order chi connectivity index (χ0) is 23.6. The molecule has 0 aliphatic carbocycles. The molecule has 0 unspecified atom stereocenters. The summed E-state index contributed by atoms with van der Waals surface area (Å²) in [5, 5.41) is 2.70. The number of nitrogens with two attached hydrogens (primary N) is 1. The third kappa shape index (κ3) is 5.86. The molecule has 6 nitrogen and oxygen atoms in total. The van der Waals surface area contributed by atoms with Gasteiger partial charge in [-0.05, 0) is 58.4 Å². The first-order valence-corrected chi connectivity index (χ1v) is 11.9. The summed E-state index contributed by atoms with van der Waals surface area (Å²) in [6.45, 7) is 13.2. The molecule has 0 aromatic heterocycles. The maximum Gasteiger partial charge on any atom is 0.264 e. The normalized spacial score (nSPS) is 12.5. The fraction of sp³-hybridized carbons (Fsp3) is 0.458. The number of benzene rings is 2. The molecule has 170 valence electrons. The monoisotopic (exact) mass is 445 g/mol. The van der Waals surface area contributed by atoms with Crippen LogP contribution in [0.4, 0.5) is 5.69 Å². The van der Waals surface area contributed by atoms with Crippen LogP contribution in [0.15, 0.2) is 47.4 Å². The number of carbonyl (C=O) groups is 1. The second-order valence-electron chi connectivity index (χ2n) is 9.81. The van der Waals surface area contributed by atoms with Gasteiger partial charge in [-0.3, -0.25) is 9.10 Å². The van der Waals surface area contributed by atoms with E-state index in [-0.39, 0.29) is 21.6 Å². The summed E-state index contributed by atoms with van der Waals surface area (Å²) in [6.07, 6.45) is 0. The largest absolute Gasteiger partial charge is 0.351 e. The van der Waals surface area contributed by atoms with Crippen molar-refractivity contribution < 1.29 is 13.2 Å². The number of nitrogens with zero attached hydrogens (tertiary/aromatic N) is 1. The van der Waals surface area contributed by atoms with E-state index in [1.165, 1.54) is 11.4 Å². The molecule has 2 rings (SSSR count). The smallest absolute Gasteiger partial charge is 0.264 e. The van der Waals surface area contributed by atoms with Crippen LogP contribution >= 0.6 is 0 Å². The second-order valence-corrected chi connectivity index (χ2v) is 11.8. The number of anilines is 1. The number of amides is 1. The molecule has 0 saturated carbocycles. The molecule has 2 aromatic carbocycles. The number of hydrogen-bond donors (Lipinski definition) is 2. The van der Waals surface area contributed by atoms with Gasteiger partial charge in [-0.2, -0.15) is 0 Å². The van der Waals surface area contributed by atoms with E-state index in [9.17, 15) is 13.2 Å². The maximum atomic E-state index is 13.5. The third-order valence-electron chi connectivity index (χ3n) is 5.22. The molecule has 0 fully saturated rings. The lowest BCUT2D eigenvalue weighted by Crippen LogP contribution is -2.29. The van der Waals surface area contributed by atoms with E-state index in [1.807, 2.05) is 0 Å². The van der Waals surface area contributed by atoms with E-state index in [2.05, 4.69) is 52.9 Å². The van der Waals surface area contributed by atoms with Gasteiger partial charge in [0.1, 0.15) is 0 Å². The fourth-order valence-corrected chi connectivity index (χ4v) is 4.29. The summed E-state index contributed by atoms with van der Waals surface area (Å²) in [6, 6.07) is 12.1. The average molecular weight is 446 g/mol. The van der Waals surface area contributed by atoms with Crippen LogP contribution in [0.25, 0.3) is 0 Å². The molecular weight excluding hydrogens is 410 g/mol. The predicted octanol–water partition coefficient (Wildman–Crippen LogP) is 3.80. The highest BCUT2D eigenvalue weighted by molar-refractivity contribution is 7.92. The molecule has 0 radical (unpaired) electrons. The summed E-state index contributed by atoms with van der Waals surface area (Å²) < 4.78 is 28.2. The molecule has 0 bridgehead atoms. The van der Waals surface area contributed by atoms with Gasteiger partial charge in [-0.25, -0.2) is 8.42 Å². The first-order chi connectivity index (χ1) is 14.2. The van der Waals surface area contributed by atoms with E-state index >= 15 is 0 Å². The van der Waals surface area contributed by atoms with Gasteiger partial charge in [0, 0.05) is 25.7 Å². The Bertz CT molecular complexity index is 999. The quantitative estimate of drug-likeness (QED) is 0.707. The van der Waals surface area contributed by atoms with Crippen LogP contribution in [0.3, 0.4) is 0 Å². The van der Waals surface area contributed by atoms with Gasteiger partial charge in [0.25, 0.3) is 15.9 Å². The molecule has 0 spiro atoms. The van der Waals surface area contributed by atoms with Gasteiger partial charge < -0.3 is 11.1 Å². The second kappa shape index (κ2) is 9.01. The standard InChI is InChI=1S/C24H35N3O3S/c1-23(2,3)18-14-19(24(4,5)6)16-21(15-18)31(29,30)27(7)20-10-8-17(9-11-20)22(28)26-13-12-25/h8-11,14-16H,12-13,25H2,1-7H3,(H,26,28). The van der Waals surface area contributed by atoms with E-state index in [1.54, 1.807) is 36.4 Å². The Balaban J connectivity index is 2.46. The summed E-state index contributed by atoms with van der Waals surface area (Å²) in [4.78, 5) is 12.3. The van der Waals surface area contributed by atoms with Crippen LogP contribution in [0, 0.1) is 0 Å². The molecule has 0 atom stereocenters. The van der Waals surface area contributed by atoms with Crippen molar-refractivity contribution in [2.24, 2.45) is 5.73 Å². The predicted molar refractivity (Wildman–Crippen MR) is 127 cm³/mol. The Morgan fingerprint density at radius 2 is 1.42 bits per heavy atom. The Morgan fingerprint density at radius 3 is 1.84 bits per heavy atom. The number of sulfonamides is 1. The molecule has 2 aromatic rings. The van der Waals surface area contributed by atoms with E-state index in [0.717, 1.165) is 11.1 Å². The number of nitrogens with one attached hydrogen (secondary N) is 1. The molecule has 7 heteroatoms. The van der Waals surface area contributed by atoms with Crippen molar-refractivity contribution >= 4 is 21.6 Å². The molecule has 0 aliphatic rings. The number of hydrogen-bond acceptors (Lipinski definition) is 4. The van der Waals surface area contributed by atoms with Crippen LogP contribution in [-0.4, -0.2) is 34.5 Å². The van der Waals surface area contributed by atoms with Crippen LogP contribution in [-0.2, 0) is 20.9 Å². The van der Waals surface area contributed by atoms with Gasteiger partial charge in [-0.15, -0.1) is 0 Å². The molecule has 3 N–H and O–H groups in total. The van der Waals surface area contributed by atoms with Gasteiger partial charge in [0.2, 0.25) is 0 Å². The Labute approximate surface area is 186 Å². The number of rotatable bonds is 6. The zero-order valence-corrected chi connectivity index (χ0v) is 20.4. The van der Waals surface area contributed by atoms with Crippen molar-refractivity contribution in [3.63, 3.8) is 0 Å². The van der Waals surface area contributed by atoms with Crippen LogP contribution in [0.5, 0.6) is 0 Å². The SMILES string of the molecule is CN(c1ccc(C(=O)NCCN)cc1)S(=O)(=O)c1cc(C(C)(C)C)cc(C(C)(C)C)c1.